The van der Waals surface area contributed by atoms with Gasteiger partial charge in [0.1, 0.15) is 0 Å². The van der Waals surface area contributed by atoms with Gasteiger partial charge >= 0.3 is 6.01 Å². The molecule has 0 aliphatic heterocycles. The number of hydrogen-bond acceptors (Lipinski definition) is 5. The molecule has 0 fully saturated rings. The van der Waals surface area contributed by atoms with E-state index in [1.165, 1.54) is 7.11 Å². The van der Waals surface area contributed by atoms with E-state index in [1.807, 2.05) is 0 Å². The lowest BCUT2D eigenvalue weighted by molar-refractivity contribution is 0.377. The van der Waals surface area contributed by atoms with E-state index in [2.05, 4.69) is 40.6 Å². The van der Waals surface area contributed by atoms with Gasteiger partial charge in [-0.1, -0.05) is 6.92 Å². The van der Waals surface area contributed by atoms with Crippen LogP contribution in [0, 0.1) is 0 Å². The molecule has 0 saturated carbocycles. The first-order valence-corrected chi connectivity index (χ1v) is 5.72. The van der Waals surface area contributed by atoms with Crippen molar-refractivity contribution in [2.24, 2.45) is 0 Å². The third-order valence-corrected chi connectivity index (χ3v) is 2.65. The third-order valence-electron chi connectivity index (χ3n) is 2.48. The first-order valence-electron chi connectivity index (χ1n) is 5.34. The molecule has 0 N–H and O–H groups in total. The van der Waals surface area contributed by atoms with Gasteiger partial charge in [-0.2, -0.15) is 15.0 Å². The summed E-state index contributed by atoms with van der Waals surface area (Å²) in [5.41, 5.74) is 0. The average molecular weight is 245 g/mol. The van der Waals surface area contributed by atoms with Crippen LogP contribution in [0.2, 0.25) is 5.28 Å². The average Bonchev–Trinajstić information content (AvgIpc) is 2.29. The van der Waals surface area contributed by atoms with Crippen LogP contribution in [0.4, 0.5) is 5.95 Å². The van der Waals surface area contributed by atoms with Crippen molar-refractivity contribution in [2.75, 3.05) is 18.6 Å². The highest BCUT2D eigenvalue weighted by Gasteiger charge is 2.16. The third kappa shape index (κ3) is 2.95. The summed E-state index contributed by atoms with van der Waals surface area (Å²) in [6.07, 6.45) is 1.01. The van der Waals surface area contributed by atoms with E-state index in [9.17, 15) is 0 Å². The molecule has 0 radical (unpaired) electrons. The number of halogens is 1. The molecule has 0 aliphatic rings. The maximum absolute atomic E-state index is 5.81. The van der Waals surface area contributed by atoms with E-state index >= 15 is 0 Å². The number of ether oxygens (including phenoxy) is 1. The molecule has 0 aromatic carbocycles. The normalized spacial score (nSPS) is 12.3. The molecule has 6 heteroatoms. The van der Waals surface area contributed by atoms with Crippen LogP contribution in [0.25, 0.3) is 0 Å². The standard InChI is InChI=1S/C10H17ClN4O/c1-5-7(3)15(6-2)9-12-8(11)13-10(14-9)16-4/h7H,5-6H2,1-4H3. The Morgan fingerprint density at radius 3 is 2.50 bits per heavy atom. The zero-order chi connectivity index (χ0) is 12.1. The minimum Gasteiger partial charge on any atom is -0.467 e. The molecule has 1 heterocycles. The Kier molecular flexibility index (Phi) is 4.73. The van der Waals surface area contributed by atoms with Crippen molar-refractivity contribution in [3.8, 4) is 6.01 Å². The topological polar surface area (TPSA) is 51.1 Å². The minimum atomic E-state index is 0.156. The zero-order valence-corrected chi connectivity index (χ0v) is 10.8. The van der Waals surface area contributed by atoms with E-state index in [0.29, 0.717) is 12.0 Å². The second kappa shape index (κ2) is 5.84. The lowest BCUT2D eigenvalue weighted by Crippen LogP contribution is -2.34. The van der Waals surface area contributed by atoms with Crippen LogP contribution < -0.4 is 9.64 Å². The Hall–Kier alpha value is -1.10. The van der Waals surface area contributed by atoms with Crippen LogP contribution in [0.1, 0.15) is 27.2 Å². The van der Waals surface area contributed by atoms with E-state index in [1.54, 1.807) is 0 Å². The van der Waals surface area contributed by atoms with Crippen molar-refractivity contribution >= 4 is 17.5 Å². The van der Waals surface area contributed by atoms with Gasteiger partial charge in [-0.25, -0.2) is 0 Å². The number of anilines is 1. The number of hydrogen-bond donors (Lipinski definition) is 0. The fraction of sp³-hybridized carbons (Fsp3) is 0.700. The lowest BCUT2D eigenvalue weighted by atomic mass is 10.2. The zero-order valence-electron chi connectivity index (χ0n) is 10.1. The summed E-state index contributed by atoms with van der Waals surface area (Å²) in [5.74, 6) is 0.564. The van der Waals surface area contributed by atoms with Gasteiger partial charge in [0, 0.05) is 12.6 Å². The van der Waals surface area contributed by atoms with Crippen LogP contribution in [-0.4, -0.2) is 34.6 Å². The van der Waals surface area contributed by atoms with Crippen molar-refractivity contribution in [3.05, 3.63) is 5.28 Å². The summed E-state index contributed by atoms with van der Waals surface area (Å²) in [7, 11) is 1.51. The lowest BCUT2D eigenvalue weighted by Gasteiger charge is -2.26. The molecule has 5 nitrogen and oxygen atoms in total. The highest BCUT2D eigenvalue weighted by molar-refractivity contribution is 6.28. The molecule has 1 atom stereocenters. The molecule has 0 saturated heterocycles. The number of nitrogens with zero attached hydrogens (tertiary/aromatic N) is 4. The second-order valence-corrected chi connectivity index (χ2v) is 3.77. The summed E-state index contributed by atoms with van der Waals surface area (Å²) >= 11 is 5.81. The van der Waals surface area contributed by atoms with Crippen molar-refractivity contribution in [3.63, 3.8) is 0 Å². The minimum absolute atomic E-state index is 0.156. The molecule has 1 aromatic rings. The maximum atomic E-state index is 5.81. The highest BCUT2D eigenvalue weighted by atomic mass is 35.5. The maximum Gasteiger partial charge on any atom is 0.322 e. The molecule has 1 aromatic heterocycles. The fourth-order valence-electron chi connectivity index (χ4n) is 1.41. The quantitative estimate of drug-likeness (QED) is 0.795. The molecule has 16 heavy (non-hydrogen) atoms. The molecule has 0 amide bonds. The summed E-state index contributed by atoms with van der Waals surface area (Å²) in [6, 6.07) is 0.602. The van der Waals surface area contributed by atoms with E-state index < -0.39 is 0 Å². The van der Waals surface area contributed by atoms with Crippen molar-refractivity contribution in [1.29, 1.82) is 0 Å². The van der Waals surface area contributed by atoms with E-state index in [-0.39, 0.29) is 11.3 Å². The van der Waals surface area contributed by atoms with Crippen LogP contribution >= 0.6 is 11.6 Å². The highest BCUT2D eigenvalue weighted by Crippen LogP contribution is 2.17. The van der Waals surface area contributed by atoms with Crippen molar-refractivity contribution in [1.82, 2.24) is 15.0 Å². The smallest absolute Gasteiger partial charge is 0.322 e. The molecule has 1 unspecified atom stereocenters. The van der Waals surface area contributed by atoms with Crippen molar-refractivity contribution in [2.45, 2.75) is 33.2 Å². The molecule has 0 spiro atoms. The summed E-state index contributed by atoms with van der Waals surface area (Å²) in [5, 5.41) is 0.156. The van der Waals surface area contributed by atoms with Gasteiger partial charge in [-0.05, 0) is 31.9 Å². The Morgan fingerprint density at radius 2 is 2.00 bits per heavy atom. The van der Waals surface area contributed by atoms with Gasteiger partial charge < -0.3 is 9.64 Å². The van der Waals surface area contributed by atoms with E-state index in [4.69, 9.17) is 16.3 Å². The SMILES string of the molecule is CCC(C)N(CC)c1nc(Cl)nc(OC)n1. The summed E-state index contributed by atoms with van der Waals surface area (Å²) < 4.78 is 4.97. The number of methoxy groups -OCH3 is 1. The van der Waals surface area contributed by atoms with Crippen LogP contribution in [0.3, 0.4) is 0 Å². The van der Waals surface area contributed by atoms with Crippen LogP contribution in [0.15, 0.2) is 0 Å². The van der Waals surface area contributed by atoms with Gasteiger partial charge in [0.25, 0.3) is 0 Å². The summed E-state index contributed by atoms with van der Waals surface area (Å²) in [6.45, 7) is 7.11. The van der Waals surface area contributed by atoms with Crippen LogP contribution in [0.5, 0.6) is 6.01 Å². The van der Waals surface area contributed by atoms with Gasteiger partial charge in [-0.3, -0.25) is 0 Å². The number of aromatic nitrogens is 3. The molecule has 0 aliphatic carbocycles. The molecule has 1 rings (SSSR count). The second-order valence-electron chi connectivity index (χ2n) is 3.43. The number of rotatable bonds is 5. The first kappa shape index (κ1) is 13.0. The molecular formula is C10H17ClN4O. The Balaban J connectivity index is 3.04. The first-order chi connectivity index (χ1) is 7.62. The predicted octanol–water partition coefficient (Wildman–Crippen LogP) is 2.16. The van der Waals surface area contributed by atoms with E-state index in [0.717, 1.165) is 13.0 Å². The van der Waals surface area contributed by atoms with Crippen molar-refractivity contribution < 1.29 is 4.74 Å². The summed E-state index contributed by atoms with van der Waals surface area (Å²) in [4.78, 5) is 14.2. The Morgan fingerprint density at radius 1 is 1.31 bits per heavy atom. The van der Waals surface area contributed by atoms with Crippen LogP contribution in [-0.2, 0) is 0 Å². The Labute approximate surface area is 101 Å². The van der Waals surface area contributed by atoms with Gasteiger partial charge in [0.15, 0.2) is 0 Å². The van der Waals surface area contributed by atoms with Gasteiger partial charge in [0.2, 0.25) is 11.2 Å². The molecule has 0 bridgehead atoms. The van der Waals surface area contributed by atoms with Gasteiger partial charge in [0.05, 0.1) is 7.11 Å². The molecular weight excluding hydrogens is 228 g/mol. The molecule has 90 valence electrons. The monoisotopic (exact) mass is 244 g/mol. The largest absolute Gasteiger partial charge is 0.467 e. The fourth-order valence-corrected chi connectivity index (χ4v) is 1.56. The Bertz CT molecular complexity index is 348. The van der Waals surface area contributed by atoms with Gasteiger partial charge in [-0.15, -0.1) is 0 Å². The predicted molar refractivity (Wildman–Crippen MR) is 64.2 cm³/mol.